The largest absolute Gasteiger partial charge is 0.409 e. The minimum absolute atomic E-state index is 0.137. The Morgan fingerprint density at radius 1 is 1.00 bits per heavy atom. The Bertz CT molecular complexity index is 517. The Morgan fingerprint density at radius 3 is 2.29 bits per heavy atom. The summed E-state index contributed by atoms with van der Waals surface area (Å²) >= 11 is 0. The van der Waals surface area contributed by atoms with Gasteiger partial charge in [-0.25, -0.2) is 5.43 Å². The summed E-state index contributed by atoms with van der Waals surface area (Å²) in [6.07, 6.45) is -4.42. The zero-order valence-electron chi connectivity index (χ0n) is 8.83. The Balaban J connectivity index is 2.62. The smallest absolute Gasteiger partial charge is 0.271 e. The lowest BCUT2D eigenvalue weighted by Crippen LogP contribution is -2.38. The van der Waals surface area contributed by atoms with Crippen molar-refractivity contribution in [3.05, 3.63) is 48.0 Å². The fraction of sp³-hybridized carbons (Fsp3) is 0.167. The maximum atomic E-state index is 12.8. The second-order valence-corrected chi connectivity index (χ2v) is 3.71. The van der Waals surface area contributed by atoms with Gasteiger partial charge in [0, 0.05) is 0 Å². The molecular weight excluding hydrogens is 229 g/mol. The molecule has 0 saturated carbocycles. The predicted molar refractivity (Wildman–Crippen MR) is 60.1 cm³/mol. The second-order valence-electron chi connectivity index (χ2n) is 3.71. The summed E-state index contributed by atoms with van der Waals surface area (Å²) in [5, 5.41) is 1.31. The van der Waals surface area contributed by atoms with E-state index in [4.69, 9.17) is 5.84 Å². The van der Waals surface area contributed by atoms with Crippen LogP contribution < -0.4 is 11.3 Å². The van der Waals surface area contributed by atoms with Crippen molar-refractivity contribution in [1.29, 1.82) is 0 Å². The van der Waals surface area contributed by atoms with Crippen molar-refractivity contribution in [3.63, 3.8) is 0 Å². The van der Waals surface area contributed by atoms with Gasteiger partial charge in [0.05, 0.1) is 0 Å². The molecule has 0 radical (unpaired) electrons. The number of nitrogens with two attached hydrogens (primary N) is 1. The van der Waals surface area contributed by atoms with Crippen molar-refractivity contribution in [2.75, 3.05) is 0 Å². The van der Waals surface area contributed by atoms with Gasteiger partial charge in [0.15, 0.2) is 0 Å². The van der Waals surface area contributed by atoms with E-state index in [1.54, 1.807) is 36.4 Å². The molecule has 2 aromatic carbocycles. The van der Waals surface area contributed by atoms with Crippen molar-refractivity contribution in [1.82, 2.24) is 5.43 Å². The third-order valence-corrected chi connectivity index (χ3v) is 2.63. The molecule has 0 heterocycles. The van der Waals surface area contributed by atoms with Gasteiger partial charge in [-0.2, -0.15) is 13.2 Å². The molecule has 2 aromatic rings. The molecule has 0 aliphatic heterocycles. The molecule has 0 saturated heterocycles. The van der Waals surface area contributed by atoms with Gasteiger partial charge in [0.25, 0.3) is 0 Å². The molecule has 1 atom stereocenters. The summed E-state index contributed by atoms with van der Waals surface area (Å²) in [6.45, 7) is 0. The van der Waals surface area contributed by atoms with Gasteiger partial charge in [0.1, 0.15) is 6.04 Å². The zero-order chi connectivity index (χ0) is 12.5. The Morgan fingerprint density at radius 2 is 1.65 bits per heavy atom. The van der Waals surface area contributed by atoms with Gasteiger partial charge in [-0.15, -0.1) is 0 Å². The van der Waals surface area contributed by atoms with E-state index in [2.05, 4.69) is 0 Å². The first-order chi connectivity index (χ1) is 8.04. The molecule has 0 aliphatic carbocycles. The molecule has 90 valence electrons. The van der Waals surface area contributed by atoms with E-state index >= 15 is 0 Å². The van der Waals surface area contributed by atoms with Crippen LogP contribution in [0.25, 0.3) is 10.8 Å². The fourth-order valence-corrected chi connectivity index (χ4v) is 1.86. The molecule has 2 nitrogen and oxygen atoms in total. The quantitative estimate of drug-likeness (QED) is 0.625. The maximum Gasteiger partial charge on any atom is 0.409 e. The normalized spacial score (nSPS) is 13.9. The summed E-state index contributed by atoms with van der Waals surface area (Å²) < 4.78 is 38.4. The molecule has 0 aromatic heterocycles. The summed E-state index contributed by atoms with van der Waals surface area (Å²) in [7, 11) is 0. The Hall–Kier alpha value is -1.59. The SMILES string of the molecule is NNC(c1cccc2ccccc12)C(F)(F)F. The van der Waals surface area contributed by atoms with Crippen molar-refractivity contribution in [2.45, 2.75) is 12.2 Å². The lowest BCUT2D eigenvalue weighted by molar-refractivity contribution is -0.157. The number of hydrazine groups is 1. The third-order valence-electron chi connectivity index (χ3n) is 2.63. The number of hydrogen-bond acceptors (Lipinski definition) is 2. The molecule has 0 spiro atoms. The standard InChI is InChI=1S/C12H11F3N2/c13-12(14,15)11(17-16)10-7-3-5-8-4-1-2-6-9(8)10/h1-7,11,17H,16H2. The van der Waals surface area contributed by atoms with E-state index in [-0.39, 0.29) is 5.56 Å². The number of nitrogens with one attached hydrogen (secondary N) is 1. The van der Waals surface area contributed by atoms with Crippen LogP contribution in [-0.4, -0.2) is 6.18 Å². The summed E-state index contributed by atoms with van der Waals surface area (Å²) in [5.74, 6) is 5.01. The number of rotatable bonds is 2. The van der Waals surface area contributed by atoms with E-state index in [1.807, 2.05) is 5.43 Å². The fourth-order valence-electron chi connectivity index (χ4n) is 1.86. The van der Waals surface area contributed by atoms with Crippen molar-refractivity contribution >= 4 is 10.8 Å². The topological polar surface area (TPSA) is 38.0 Å². The Labute approximate surface area is 96.2 Å². The van der Waals surface area contributed by atoms with Gasteiger partial charge < -0.3 is 0 Å². The summed E-state index contributed by atoms with van der Waals surface area (Å²) in [4.78, 5) is 0. The third kappa shape index (κ3) is 2.25. The zero-order valence-corrected chi connectivity index (χ0v) is 8.83. The number of fused-ring (bicyclic) bond motifs is 1. The molecule has 0 bridgehead atoms. The van der Waals surface area contributed by atoms with Crippen LogP contribution in [0.4, 0.5) is 13.2 Å². The van der Waals surface area contributed by atoms with E-state index in [1.165, 1.54) is 6.07 Å². The molecule has 2 rings (SSSR count). The maximum absolute atomic E-state index is 12.8. The van der Waals surface area contributed by atoms with Gasteiger partial charge >= 0.3 is 6.18 Å². The molecule has 0 aliphatic rings. The highest BCUT2D eigenvalue weighted by molar-refractivity contribution is 5.86. The van der Waals surface area contributed by atoms with Gasteiger partial charge in [-0.05, 0) is 16.3 Å². The first-order valence-corrected chi connectivity index (χ1v) is 5.04. The summed E-state index contributed by atoms with van der Waals surface area (Å²) in [5.41, 5.74) is 1.96. The summed E-state index contributed by atoms with van der Waals surface area (Å²) in [6, 6.07) is 9.84. The highest BCUT2D eigenvalue weighted by atomic mass is 19.4. The average molecular weight is 240 g/mol. The number of halogens is 3. The predicted octanol–water partition coefficient (Wildman–Crippen LogP) is 2.91. The van der Waals surface area contributed by atoms with E-state index < -0.39 is 12.2 Å². The van der Waals surface area contributed by atoms with E-state index in [0.29, 0.717) is 5.39 Å². The van der Waals surface area contributed by atoms with Gasteiger partial charge in [-0.1, -0.05) is 42.5 Å². The first kappa shape index (κ1) is 11.9. The first-order valence-electron chi connectivity index (χ1n) is 5.04. The van der Waals surface area contributed by atoms with Crippen molar-refractivity contribution in [2.24, 2.45) is 5.84 Å². The molecule has 3 N–H and O–H groups in total. The molecule has 0 fully saturated rings. The van der Waals surface area contributed by atoms with E-state index in [0.717, 1.165) is 5.39 Å². The van der Waals surface area contributed by atoms with Crippen LogP contribution in [0.3, 0.4) is 0 Å². The monoisotopic (exact) mass is 240 g/mol. The van der Waals surface area contributed by atoms with E-state index in [9.17, 15) is 13.2 Å². The lowest BCUT2D eigenvalue weighted by atomic mass is 9.99. The van der Waals surface area contributed by atoms with Crippen LogP contribution in [0, 0.1) is 0 Å². The van der Waals surface area contributed by atoms with Gasteiger partial charge in [-0.3, -0.25) is 5.84 Å². The van der Waals surface area contributed by atoms with Crippen LogP contribution in [0.2, 0.25) is 0 Å². The van der Waals surface area contributed by atoms with Crippen molar-refractivity contribution in [3.8, 4) is 0 Å². The molecular formula is C12H11F3N2. The number of alkyl halides is 3. The van der Waals surface area contributed by atoms with Crippen LogP contribution in [0.5, 0.6) is 0 Å². The Kier molecular flexibility index (Phi) is 3.04. The van der Waals surface area contributed by atoms with Gasteiger partial charge in [0.2, 0.25) is 0 Å². The van der Waals surface area contributed by atoms with Crippen LogP contribution in [-0.2, 0) is 0 Å². The second kappa shape index (κ2) is 4.35. The average Bonchev–Trinajstić information content (AvgIpc) is 2.28. The molecule has 5 heteroatoms. The molecule has 1 unspecified atom stereocenters. The number of benzene rings is 2. The van der Waals surface area contributed by atoms with Crippen LogP contribution in [0.15, 0.2) is 42.5 Å². The number of hydrogen-bond donors (Lipinski definition) is 2. The highest BCUT2D eigenvalue weighted by Crippen LogP contribution is 2.35. The minimum atomic E-state index is -4.42. The molecule has 17 heavy (non-hydrogen) atoms. The van der Waals surface area contributed by atoms with Crippen molar-refractivity contribution < 1.29 is 13.2 Å². The molecule has 0 amide bonds. The lowest BCUT2D eigenvalue weighted by Gasteiger charge is -2.21. The van der Waals surface area contributed by atoms with Crippen LogP contribution in [0.1, 0.15) is 11.6 Å². The minimum Gasteiger partial charge on any atom is -0.271 e. The highest BCUT2D eigenvalue weighted by Gasteiger charge is 2.40. The van der Waals surface area contributed by atoms with Crippen LogP contribution >= 0.6 is 0 Å².